The number of imide groups is 2. The van der Waals surface area contributed by atoms with Gasteiger partial charge in [-0.1, -0.05) is 48.0 Å². The molecule has 4 rings (SSSR count). The smallest absolute Gasteiger partial charge is 0.273 e. The van der Waals surface area contributed by atoms with Crippen LogP contribution >= 0.6 is 11.6 Å². The molecule has 3 aromatic rings. The number of anilines is 1. The molecule has 4 amide bonds. The first kappa shape index (κ1) is 20.5. The van der Waals surface area contributed by atoms with Gasteiger partial charge in [0, 0.05) is 5.02 Å². The first-order valence-corrected chi connectivity index (χ1v) is 9.79. The zero-order valence-corrected chi connectivity index (χ0v) is 16.9. The third-order valence-corrected chi connectivity index (χ3v) is 5.03. The predicted octanol–water partition coefficient (Wildman–Crippen LogP) is 4.74. The quantitative estimate of drug-likeness (QED) is 0.476. The minimum absolute atomic E-state index is 0.160. The molecule has 31 heavy (non-hydrogen) atoms. The Balaban J connectivity index is 1.57. The highest BCUT2D eigenvalue weighted by atomic mass is 35.5. The van der Waals surface area contributed by atoms with Crippen LogP contribution in [0.15, 0.2) is 78.4 Å². The number of halogens is 2. The normalized spacial score (nSPS) is 15.4. The Bertz CT molecular complexity index is 1200. The summed E-state index contributed by atoms with van der Waals surface area (Å²) in [4.78, 5) is 38.3. The van der Waals surface area contributed by atoms with E-state index in [-0.39, 0.29) is 11.4 Å². The number of amides is 4. The second-order valence-corrected chi connectivity index (χ2v) is 7.42. The Morgan fingerprint density at radius 1 is 0.903 bits per heavy atom. The van der Waals surface area contributed by atoms with E-state index >= 15 is 0 Å². The van der Waals surface area contributed by atoms with E-state index in [1.54, 1.807) is 30.3 Å². The highest BCUT2D eigenvalue weighted by Crippen LogP contribution is 2.24. The van der Waals surface area contributed by atoms with E-state index in [4.69, 9.17) is 11.6 Å². The topological polar surface area (TPSA) is 66.5 Å². The van der Waals surface area contributed by atoms with Crippen molar-refractivity contribution >= 4 is 41.2 Å². The van der Waals surface area contributed by atoms with Gasteiger partial charge in [0.2, 0.25) is 0 Å². The third kappa shape index (κ3) is 4.54. The largest absolute Gasteiger partial charge is 0.335 e. The Kier molecular flexibility index (Phi) is 5.64. The van der Waals surface area contributed by atoms with Gasteiger partial charge in [-0.05, 0) is 65.6 Å². The molecule has 154 valence electrons. The van der Waals surface area contributed by atoms with E-state index < -0.39 is 17.8 Å². The molecule has 0 spiro atoms. The fraction of sp³-hybridized carbons (Fsp3) is 0.0417. The summed E-state index contributed by atoms with van der Waals surface area (Å²) in [5.74, 6) is -1.77. The molecule has 0 aliphatic carbocycles. The Morgan fingerprint density at radius 2 is 1.61 bits per heavy atom. The van der Waals surface area contributed by atoms with Crippen LogP contribution < -0.4 is 10.2 Å². The molecule has 1 heterocycles. The molecule has 1 aliphatic heterocycles. The van der Waals surface area contributed by atoms with Crippen molar-refractivity contribution in [2.45, 2.75) is 6.42 Å². The summed E-state index contributed by atoms with van der Waals surface area (Å²) in [6.45, 7) is 0. The number of urea groups is 1. The average molecular weight is 435 g/mol. The lowest BCUT2D eigenvalue weighted by Crippen LogP contribution is -2.54. The molecule has 1 fully saturated rings. The molecule has 0 unspecified atom stereocenters. The molecule has 1 N–H and O–H groups in total. The SMILES string of the molecule is O=C1NC(=O)N(c2ccc(Cl)cc2)C(=O)/C1=C/c1ccc(Cc2cccc(F)c2)cc1. The number of nitrogens with zero attached hydrogens (tertiary/aromatic N) is 1. The highest BCUT2D eigenvalue weighted by Gasteiger charge is 2.36. The molecule has 0 radical (unpaired) electrons. The van der Waals surface area contributed by atoms with Gasteiger partial charge in [-0.2, -0.15) is 0 Å². The summed E-state index contributed by atoms with van der Waals surface area (Å²) in [7, 11) is 0. The third-order valence-electron chi connectivity index (χ3n) is 4.77. The van der Waals surface area contributed by atoms with Gasteiger partial charge in [-0.25, -0.2) is 14.1 Å². The van der Waals surface area contributed by atoms with Crippen LogP contribution in [0.1, 0.15) is 16.7 Å². The van der Waals surface area contributed by atoms with E-state index in [1.165, 1.54) is 30.3 Å². The minimum atomic E-state index is -0.820. The van der Waals surface area contributed by atoms with Gasteiger partial charge >= 0.3 is 6.03 Å². The molecule has 7 heteroatoms. The first-order chi connectivity index (χ1) is 14.9. The van der Waals surface area contributed by atoms with Crippen LogP contribution in [-0.2, 0) is 16.0 Å². The summed E-state index contributed by atoms with van der Waals surface area (Å²) >= 11 is 5.87. The molecular formula is C24H16ClFN2O3. The predicted molar refractivity (Wildman–Crippen MR) is 116 cm³/mol. The number of benzene rings is 3. The van der Waals surface area contributed by atoms with Crippen molar-refractivity contribution in [2.24, 2.45) is 0 Å². The minimum Gasteiger partial charge on any atom is -0.273 e. The number of hydrogen-bond donors (Lipinski definition) is 1. The van der Waals surface area contributed by atoms with Crippen LogP contribution in [0.4, 0.5) is 14.9 Å². The molecule has 0 saturated carbocycles. The summed E-state index contributed by atoms with van der Waals surface area (Å²) < 4.78 is 13.4. The lowest BCUT2D eigenvalue weighted by molar-refractivity contribution is -0.122. The summed E-state index contributed by atoms with van der Waals surface area (Å²) in [5.41, 5.74) is 2.55. The summed E-state index contributed by atoms with van der Waals surface area (Å²) in [5, 5.41) is 2.64. The van der Waals surface area contributed by atoms with Gasteiger partial charge in [0.25, 0.3) is 11.8 Å². The van der Waals surface area contributed by atoms with Gasteiger partial charge in [-0.15, -0.1) is 0 Å². The van der Waals surface area contributed by atoms with Crippen molar-refractivity contribution < 1.29 is 18.8 Å². The number of carbonyl (C=O) groups excluding carboxylic acids is 3. The van der Waals surface area contributed by atoms with Crippen molar-refractivity contribution in [3.8, 4) is 0 Å². The second kappa shape index (κ2) is 8.53. The number of carbonyl (C=O) groups is 3. The Morgan fingerprint density at radius 3 is 2.29 bits per heavy atom. The molecule has 1 saturated heterocycles. The molecule has 1 aliphatic rings. The second-order valence-electron chi connectivity index (χ2n) is 6.98. The number of rotatable bonds is 4. The van der Waals surface area contributed by atoms with Crippen molar-refractivity contribution in [3.05, 3.63) is 106 Å². The first-order valence-electron chi connectivity index (χ1n) is 9.41. The van der Waals surface area contributed by atoms with Gasteiger partial charge in [-0.3, -0.25) is 14.9 Å². The maximum absolute atomic E-state index is 13.4. The fourth-order valence-electron chi connectivity index (χ4n) is 3.26. The molecule has 0 aromatic heterocycles. The average Bonchev–Trinajstić information content (AvgIpc) is 2.73. The monoisotopic (exact) mass is 434 g/mol. The van der Waals surface area contributed by atoms with E-state index in [0.29, 0.717) is 22.7 Å². The van der Waals surface area contributed by atoms with E-state index in [2.05, 4.69) is 5.32 Å². The molecule has 0 atom stereocenters. The van der Waals surface area contributed by atoms with E-state index in [1.807, 2.05) is 18.2 Å². The molecule has 3 aromatic carbocycles. The van der Waals surface area contributed by atoms with Crippen molar-refractivity contribution in [1.82, 2.24) is 5.32 Å². The Labute approximate surface area is 182 Å². The number of hydrogen-bond acceptors (Lipinski definition) is 3. The maximum atomic E-state index is 13.4. The molecule has 0 bridgehead atoms. The van der Waals surface area contributed by atoms with Crippen molar-refractivity contribution in [2.75, 3.05) is 4.90 Å². The lowest BCUT2D eigenvalue weighted by Gasteiger charge is -2.26. The van der Waals surface area contributed by atoms with Crippen molar-refractivity contribution in [1.29, 1.82) is 0 Å². The van der Waals surface area contributed by atoms with Crippen LogP contribution in [0.2, 0.25) is 5.02 Å². The van der Waals surface area contributed by atoms with E-state index in [0.717, 1.165) is 16.0 Å². The zero-order valence-electron chi connectivity index (χ0n) is 16.1. The standard InChI is InChI=1S/C24H16ClFN2O3/c25-18-8-10-20(11-9-18)28-23(30)21(22(29)27-24(28)31)14-16-6-4-15(5-7-16)12-17-2-1-3-19(26)13-17/h1-11,13-14H,12H2,(H,27,29,31)/b21-14+. The van der Waals surface area contributed by atoms with Gasteiger partial charge < -0.3 is 0 Å². The number of barbiturate groups is 1. The van der Waals surface area contributed by atoms with Crippen LogP contribution in [-0.4, -0.2) is 17.8 Å². The summed E-state index contributed by atoms with van der Waals surface area (Å²) in [6, 6.07) is 18.9. The van der Waals surface area contributed by atoms with Crippen LogP contribution in [0.25, 0.3) is 6.08 Å². The van der Waals surface area contributed by atoms with Crippen LogP contribution in [0, 0.1) is 5.82 Å². The van der Waals surface area contributed by atoms with Gasteiger partial charge in [0.1, 0.15) is 11.4 Å². The number of nitrogens with one attached hydrogen (secondary N) is 1. The Hall–Kier alpha value is -3.77. The van der Waals surface area contributed by atoms with E-state index in [9.17, 15) is 18.8 Å². The van der Waals surface area contributed by atoms with Gasteiger partial charge in [0.15, 0.2) is 0 Å². The summed E-state index contributed by atoms with van der Waals surface area (Å²) in [6.07, 6.45) is 1.98. The molecular weight excluding hydrogens is 419 g/mol. The lowest BCUT2D eigenvalue weighted by atomic mass is 10.0. The zero-order chi connectivity index (χ0) is 22.0. The molecule has 5 nitrogen and oxygen atoms in total. The van der Waals surface area contributed by atoms with Gasteiger partial charge in [0.05, 0.1) is 5.69 Å². The van der Waals surface area contributed by atoms with Crippen molar-refractivity contribution in [3.63, 3.8) is 0 Å². The highest BCUT2D eigenvalue weighted by molar-refractivity contribution is 6.39. The maximum Gasteiger partial charge on any atom is 0.335 e. The van der Waals surface area contributed by atoms with Crippen LogP contribution in [0.3, 0.4) is 0 Å². The van der Waals surface area contributed by atoms with Crippen LogP contribution in [0.5, 0.6) is 0 Å². The fourth-order valence-corrected chi connectivity index (χ4v) is 3.39.